The molecule has 0 bridgehead atoms. The highest BCUT2D eigenvalue weighted by molar-refractivity contribution is 7.91. The number of halogens is 1. The Morgan fingerprint density at radius 1 is 0.969 bits per heavy atom. The molecule has 0 unspecified atom stereocenters. The lowest BCUT2D eigenvalue weighted by Gasteiger charge is -2.37. The molecule has 2 aliphatic rings. The van der Waals surface area contributed by atoms with Crippen LogP contribution in [0.25, 0.3) is 0 Å². The Bertz CT molecular complexity index is 1180. The minimum atomic E-state index is -3.90. The summed E-state index contributed by atoms with van der Waals surface area (Å²) in [6, 6.07) is 15.8. The van der Waals surface area contributed by atoms with Gasteiger partial charge in [0.15, 0.2) is 5.79 Å². The monoisotopic (exact) mass is 474 g/mol. The van der Waals surface area contributed by atoms with E-state index in [0.717, 1.165) is 5.56 Å². The fourth-order valence-electron chi connectivity index (χ4n) is 4.12. The Morgan fingerprint density at radius 3 is 2.28 bits per heavy atom. The van der Waals surface area contributed by atoms with Crippen molar-refractivity contribution in [2.24, 2.45) is 0 Å². The lowest BCUT2D eigenvalue weighted by atomic mass is 10.0. The van der Waals surface area contributed by atoms with Gasteiger partial charge in [0.25, 0.3) is 0 Å². The van der Waals surface area contributed by atoms with Gasteiger partial charge in [0, 0.05) is 37.4 Å². The smallest absolute Gasteiger partial charge is 0.236 e. The van der Waals surface area contributed by atoms with Crippen LogP contribution in [-0.2, 0) is 25.7 Å². The fourth-order valence-corrected chi connectivity index (χ4v) is 5.59. The number of benzene rings is 2. The molecule has 168 valence electrons. The van der Waals surface area contributed by atoms with E-state index in [9.17, 15) is 8.42 Å². The van der Waals surface area contributed by atoms with Gasteiger partial charge in [-0.05, 0) is 29.8 Å². The first kappa shape index (κ1) is 21.5. The molecule has 9 heteroatoms. The van der Waals surface area contributed by atoms with Crippen molar-refractivity contribution in [2.45, 2.75) is 35.0 Å². The predicted octanol–water partition coefficient (Wildman–Crippen LogP) is 4.09. The number of rotatable bonds is 5. The number of aromatic nitrogens is 1. The molecule has 0 saturated carbocycles. The molecular weight excluding hydrogens is 452 g/mol. The summed E-state index contributed by atoms with van der Waals surface area (Å²) in [7, 11) is -3.90. The molecule has 2 saturated heterocycles. The predicted molar refractivity (Wildman–Crippen MR) is 119 cm³/mol. The largest absolute Gasteiger partial charge is 0.423 e. The molecular formula is C23H23ClN2O5S. The third-order valence-electron chi connectivity index (χ3n) is 5.83. The van der Waals surface area contributed by atoms with Crippen molar-refractivity contribution in [3.05, 3.63) is 71.1 Å². The van der Waals surface area contributed by atoms with Crippen LogP contribution < -0.4 is 4.90 Å². The summed E-state index contributed by atoms with van der Waals surface area (Å²) in [6.45, 7) is 2.26. The maximum atomic E-state index is 13.5. The number of ether oxygens (including phenoxy) is 2. The molecule has 0 amide bonds. The molecule has 2 aliphatic heterocycles. The second-order valence-corrected chi connectivity index (χ2v) is 10.2. The summed E-state index contributed by atoms with van der Waals surface area (Å²) in [4.78, 5) is 6.49. The third kappa shape index (κ3) is 4.15. The van der Waals surface area contributed by atoms with Crippen LogP contribution in [0.15, 0.2) is 68.9 Å². The number of oxazole rings is 1. The van der Waals surface area contributed by atoms with Crippen molar-refractivity contribution in [2.75, 3.05) is 31.2 Å². The number of piperidine rings is 1. The summed E-state index contributed by atoms with van der Waals surface area (Å²) >= 11 is 5.95. The Balaban J connectivity index is 1.50. The van der Waals surface area contributed by atoms with E-state index in [1.54, 1.807) is 12.1 Å². The van der Waals surface area contributed by atoms with Gasteiger partial charge in [0.1, 0.15) is 0 Å². The summed E-state index contributed by atoms with van der Waals surface area (Å²) in [5, 5.41) is 0.391. The van der Waals surface area contributed by atoms with Crippen LogP contribution in [0.4, 0.5) is 5.88 Å². The van der Waals surface area contributed by atoms with E-state index in [-0.39, 0.29) is 15.8 Å². The normalized spacial score (nSPS) is 18.3. The van der Waals surface area contributed by atoms with E-state index in [1.807, 2.05) is 35.2 Å². The lowest BCUT2D eigenvalue weighted by Crippen LogP contribution is -2.45. The molecule has 1 spiro atoms. The maximum Gasteiger partial charge on any atom is 0.236 e. The van der Waals surface area contributed by atoms with Gasteiger partial charge in [-0.2, -0.15) is 4.98 Å². The highest BCUT2D eigenvalue weighted by Gasteiger charge is 2.42. The lowest BCUT2D eigenvalue weighted by molar-refractivity contribution is -0.169. The Morgan fingerprint density at radius 2 is 1.62 bits per heavy atom. The molecule has 3 heterocycles. The minimum Gasteiger partial charge on any atom is -0.423 e. The van der Waals surface area contributed by atoms with Crippen LogP contribution in [0, 0.1) is 0 Å². The van der Waals surface area contributed by atoms with Crippen molar-refractivity contribution in [3.63, 3.8) is 0 Å². The molecule has 5 rings (SSSR count). The topological polar surface area (TPSA) is 81.9 Å². The zero-order chi connectivity index (χ0) is 22.2. The van der Waals surface area contributed by atoms with Gasteiger partial charge in [-0.25, -0.2) is 8.42 Å². The van der Waals surface area contributed by atoms with Gasteiger partial charge in [-0.1, -0.05) is 41.9 Å². The average Bonchev–Trinajstić information content (AvgIpc) is 3.43. The highest BCUT2D eigenvalue weighted by atomic mass is 35.5. The molecule has 0 N–H and O–H groups in total. The summed E-state index contributed by atoms with van der Waals surface area (Å²) in [6.07, 6.45) is 1.65. The third-order valence-corrected chi connectivity index (χ3v) is 7.75. The number of hydrogen-bond acceptors (Lipinski definition) is 7. The quantitative estimate of drug-likeness (QED) is 0.550. The van der Waals surface area contributed by atoms with Crippen molar-refractivity contribution < 1.29 is 22.3 Å². The molecule has 2 aromatic carbocycles. The molecule has 0 aliphatic carbocycles. The molecule has 2 fully saturated rings. The van der Waals surface area contributed by atoms with Crippen LogP contribution >= 0.6 is 11.6 Å². The van der Waals surface area contributed by atoms with E-state index in [1.165, 1.54) is 12.1 Å². The van der Waals surface area contributed by atoms with Crippen molar-refractivity contribution in [1.82, 2.24) is 4.98 Å². The van der Waals surface area contributed by atoms with Crippen molar-refractivity contribution in [1.29, 1.82) is 0 Å². The first-order chi connectivity index (χ1) is 15.5. The van der Waals surface area contributed by atoms with Crippen LogP contribution in [0.1, 0.15) is 24.3 Å². The second kappa shape index (κ2) is 8.51. The molecule has 0 radical (unpaired) electrons. The van der Waals surface area contributed by atoms with Crippen LogP contribution in [0.2, 0.25) is 5.02 Å². The highest BCUT2D eigenvalue weighted by Crippen LogP contribution is 2.37. The Labute approximate surface area is 191 Å². The molecule has 7 nitrogen and oxygen atoms in total. The van der Waals surface area contributed by atoms with E-state index >= 15 is 0 Å². The average molecular weight is 475 g/mol. The fraction of sp³-hybridized carbons (Fsp3) is 0.348. The molecule has 0 atom stereocenters. The van der Waals surface area contributed by atoms with Gasteiger partial charge in [-0.15, -0.1) is 0 Å². The van der Waals surface area contributed by atoms with Crippen LogP contribution in [0.5, 0.6) is 0 Å². The van der Waals surface area contributed by atoms with E-state index in [0.29, 0.717) is 56.5 Å². The van der Waals surface area contributed by atoms with E-state index in [2.05, 4.69) is 4.98 Å². The number of hydrogen-bond donors (Lipinski definition) is 0. The molecule has 1 aromatic heterocycles. The molecule has 3 aromatic rings. The van der Waals surface area contributed by atoms with Crippen molar-refractivity contribution >= 4 is 27.3 Å². The van der Waals surface area contributed by atoms with Crippen LogP contribution in [-0.4, -0.2) is 45.5 Å². The van der Waals surface area contributed by atoms with Gasteiger partial charge < -0.3 is 18.8 Å². The van der Waals surface area contributed by atoms with Gasteiger partial charge in [-0.3, -0.25) is 0 Å². The zero-order valence-electron chi connectivity index (χ0n) is 17.4. The van der Waals surface area contributed by atoms with Gasteiger partial charge in [0.05, 0.1) is 18.1 Å². The molecule has 32 heavy (non-hydrogen) atoms. The van der Waals surface area contributed by atoms with Gasteiger partial charge >= 0.3 is 0 Å². The summed E-state index contributed by atoms with van der Waals surface area (Å²) < 4.78 is 44.6. The maximum absolute atomic E-state index is 13.5. The SMILES string of the molecule is O=S(=O)(c1ccc(Cl)cc1)c1nc(Cc2ccccc2)oc1N1CCC2(CC1)OCCO2. The number of anilines is 1. The first-order valence-corrected chi connectivity index (χ1v) is 12.4. The standard InChI is InChI=1S/C23H23ClN2O5S/c24-18-6-8-19(9-7-18)32(27,28)21-22(26-12-10-23(11-13-26)29-14-15-30-23)31-20(25-21)16-17-4-2-1-3-5-17/h1-9H,10-16H2. The van der Waals surface area contributed by atoms with E-state index < -0.39 is 15.6 Å². The number of nitrogens with zero attached hydrogens (tertiary/aromatic N) is 2. The Kier molecular flexibility index (Phi) is 5.71. The van der Waals surface area contributed by atoms with Gasteiger partial charge in [0.2, 0.25) is 26.6 Å². The number of sulfone groups is 1. The van der Waals surface area contributed by atoms with Crippen LogP contribution in [0.3, 0.4) is 0 Å². The first-order valence-electron chi connectivity index (χ1n) is 10.5. The van der Waals surface area contributed by atoms with E-state index in [4.69, 9.17) is 25.5 Å². The minimum absolute atomic E-state index is 0.0741. The summed E-state index contributed by atoms with van der Waals surface area (Å²) in [5.41, 5.74) is 0.987. The second-order valence-electron chi connectivity index (χ2n) is 7.93. The van der Waals surface area contributed by atoms with Crippen molar-refractivity contribution in [3.8, 4) is 0 Å². The Hall–Kier alpha value is -2.39. The summed E-state index contributed by atoms with van der Waals surface area (Å²) in [5.74, 6) is 0.0460. The zero-order valence-corrected chi connectivity index (χ0v) is 18.9.